The molecule has 0 spiro atoms. The summed E-state index contributed by atoms with van der Waals surface area (Å²) in [5, 5.41) is 10.3. The van der Waals surface area contributed by atoms with Crippen LogP contribution in [0, 0.1) is 0 Å². The fourth-order valence-electron chi connectivity index (χ4n) is 1.69. The Morgan fingerprint density at radius 3 is 2.82 bits per heavy atom. The SMILES string of the molecule is Oc1ccc2nc(Br)nc(-c3ccco3)c2c1. The Morgan fingerprint density at radius 2 is 2.06 bits per heavy atom. The fourth-order valence-corrected chi connectivity index (χ4v) is 2.06. The van der Waals surface area contributed by atoms with Gasteiger partial charge in [0, 0.05) is 5.39 Å². The summed E-state index contributed by atoms with van der Waals surface area (Å²) >= 11 is 3.26. The van der Waals surface area contributed by atoms with E-state index in [9.17, 15) is 5.11 Å². The molecule has 0 unspecified atom stereocenters. The Balaban J connectivity index is 2.39. The lowest BCUT2D eigenvalue weighted by atomic mass is 10.1. The van der Waals surface area contributed by atoms with E-state index in [1.54, 1.807) is 30.5 Å². The van der Waals surface area contributed by atoms with Gasteiger partial charge in [0.2, 0.25) is 0 Å². The van der Waals surface area contributed by atoms with Crippen molar-refractivity contribution in [3.63, 3.8) is 0 Å². The highest BCUT2D eigenvalue weighted by Crippen LogP contribution is 2.29. The third kappa shape index (κ3) is 1.78. The van der Waals surface area contributed by atoms with Gasteiger partial charge in [-0.25, -0.2) is 9.97 Å². The van der Waals surface area contributed by atoms with Gasteiger partial charge in [0.25, 0.3) is 0 Å². The molecule has 5 heteroatoms. The average Bonchev–Trinajstić information content (AvgIpc) is 2.82. The lowest BCUT2D eigenvalue weighted by Crippen LogP contribution is -1.90. The summed E-state index contributed by atoms with van der Waals surface area (Å²) in [6.45, 7) is 0. The number of benzene rings is 1. The first kappa shape index (κ1) is 10.3. The quantitative estimate of drug-likeness (QED) is 0.698. The molecular formula is C12H7BrN2O2. The molecule has 3 aromatic rings. The second kappa shape index (κ2) is 3.85. The Morgan fingerprint density at radius 1 is 1.18 bits per heavy atom. The first-order chi connectivity index (χ1) is 8.24. The lowest BCUT2D eigenvalue weighted by molar-refractivity contribution is 0.476. The van der Waals surface area contributed by atoms with Crippen molar-refractivity contribution in [1.29, 1.82) is 0 Å². The van der Waals surface area contributed by atoms with Crippen LogP contribution in [0.1, 0.15) is 0 Å². The van der Waals surface area contributed by atoms with E-state index in [-0.39, 0.29) is 5.75 Å². The monoisotopic (exact) mass is 290 g/mol. The van der Waals surface area contributed by atoms with Crippen LogP contribution in [0.5, 0.6) is 5.75 Å². The Hall–Kier alpha value is -1.88. The van der Waals surface area contributed by atoms with Gasteiger partial charge in [-0.2, -0.15) is 0 Å². The predicted molar refractivity (Wildman–Crippen MR) is 66.6 cm³/mol. The van der Waals surface area contributed by atoms with E-state index < -0.39 is 0 Å². The van der Waals surface area contributed by atoms with Gasteiger partial charge in [-0.05, 0) is 46.3 Å². The van der Waals surface area contributed by atoms with Gasteiger partial charge >= 0.3 is 0 Å². The molecule has 2 aromatic heterocycles. The molecular weight excluding hydrogens is 284 g/mol. The maximum atomic E-state index is 9.52. The van der Waals surface area contributed by atoms with Gasteiger partial charge in [0.1, 0.15) is 11.4 Å². The van der Waals surface area contributed by atoms with E-state index in [1.807, 2.05) is 6.07 Å². The number of rotatable bonds is 1. The molecule has 1 N–H and O–H groups in total. The van der Waals surface area contributed by atoms with Crippen LogP contribution in [-0.2, 0) is 0 Å². The number of fused-ring (bicyclic) bond motifs is 1. The van der Waals surface area contributed by atoms with E-state index in [4.69, 9.17) is 4.42 Å². The van der Waals surface area contributed by atoms with Crippen molar-refractivity contribution >= 4 is 26.8 Å². The molecule has 0 aliphatic carbocycles. The molecule has 2 heterocycles. The fraction of sp³-hybridized carbons (Fsp3) is 0. The maximum absolute atomic E-state index is 9.52. The first-order valence-corrected chi connectivity index (χ1v) is 5.73. The molecule has 0 saturated heterocycles. The van der Waals surface area contributed by atoms with Gasteiger partial charge in [-0.1, -0.05) is 0 Å². The number of phenolic OH excluding ortho intramolecular Hbond substituents is 1. The van der Waals surface area contributed by atoms with Crippen LogP contribution in [0.4, 0.5) is 0 Å². The lowest BCUT2D eigenvalue weighted by Gasteiger charge is -2.04. The van der Waals surface area contributed by atoms with Crippen LogP contribution in [0.3, 0.4) is 0 Å². The summed E-state index contributed by atoms with van der Waals surface area (Å²) in [6.07, 6.45) is 1.58. The second-order valence-electron chi connectivity index (χ2n) is 3.52. The molecule has 4 nitrogen and oxygen atoms in total. The minimum absolute atomic E-state index is 0.177. The normalized spacial score (nSPS) is 10.9. The zero-order valence-electron chi connectivity index (χ0n) is 8.59. The maximum Gasteiger partial charge on any atom is 0.197 e. The summed E-state index contributed by atoms with van der Waals surface area (Å²) in [5.74, 6) is 0.819. The highest BCUT2D eigenvalue weighted by atomic mass is 79.9. The van der Waals surface area contributed by atoms with Gasteiger partial charge < -0.3 is 9.52 Å². The highest BCUT2D eigenvalue weighted by molar-refractivity contribution is 9.10. The van der Waals surface area contributed by atoms with Crippen molar-refractivity contribution < 1.29 is 9.52 Å². The summed E-state index contributed by atoms with van der Waals surface area (Å²) < 4.78 is 5.82. The van der Waals surface area contributed by atoms with E-state index >= 15 is 0 Å². The average molecular weight is 291 g/mol. The molecule has 0 radical (unpaired) electrons. The van der Waals surface area contributed by atoms with E-state index in [2.05, 4.69) is 25.9 Å². The minimum Gasteiger partial charge on any atom is -0.508 e. The van der Waals surface area contributed by atoms with Crippen LogP contribution in [0.15, 0.2) is 45.7 Å². The summed E-state index contributed by atoms with van der Waals surface area (Å²) in [5.41, 5.74) is 1.40. The molecule has 3 rings (SSSR count). The summed E-state index contributed by atoms with van der Waals surface area (Å²) in [6, 6.07) is 8.56. The van der Waals surface area contributed by atoms with Crippen molar-refractivity contribution in [1.82, 2.24) is 9.97 Å². The largest absolute Gasteiger partial charge is 0.508 e. The van der Waals surface area contributed by atoms with Crippen molar-refractivity contribution in [3.8, 4) is 17.2 Å². The molecule has 0 saturated carbocycles. The zero-order chi connectivity index (χ0) is 11.8. The van der Waals surface area contributed by atoms with Crippen LogP contribution in [-0.4, -0.2) is 15.1 Å². The third-order valence-corrected chi connectivity index (χ3v) is 2.76. The van der Waals surface area contributed by atoms with Gasteiger partial charge in [-0.3, -0.25) is 0 Å². The number of hydrogen-bond donors (Lipinski definition) is 1. The minimum atomic E-state index is 0.177. The Labute approximate surface area is 105 Å². The van der Waals surface area contributed by atoms with Gasteiger partial charge in [0.15, 0.2) is 10.5 Å². The number of aromatic hydroxyl groups is 1. The molecule has 0 aliphatic heterocycles. The number of halogens is 1. The van der Waals surface area contributed by atoms with Crippen LogP contribution >= 0.6 is 15.9 Å². The molecule has 0 bridgehead atoms. The number of hydrogen-bond acceptors (Lipinski definition) is 4. The number of furan rings is 1. The molecule has 0 fully saturated rings. The summed E-state index contributed by atoms with van der Waals surface area (Å²) in [7, 11) is 0. The van der Waals surface area contributed by atoms with Crippen LogP contribution in [0.25, 0.3) is 22.4 Å². The Kier molecular flexibility index (Phi) is 2.33. The molecule has 0 amide bonds. The smallest absolute Gasteiger partial charge is 0.197 e. The predicted octanol–water partition coefficient (Wildman–Crippen LogP) is 3.36. The molecule has 84 valence electrons. The van der Waals surface area contributed by atoms with Gasteiger partial charge in [0.05, 0.1) is 11.8 Å². The van der Waals surface area contributed by atoms with E-state index in [0.717, 1.165) is 10.9 Å². The first-order valence-electron chi connectivity index (χ1n) is 4.94. The highest BCUT2D eigenvalue weighted by Gasteiger charge is 2.11. The van der Waals surface area contributed by atoms with Crippen LogP contribution in [0.2, 0.25) is 0 Å². The molecule has 0 atom stereocenters. The third-order valence-electron chi connectivity index (χ3n) is 2.41. The number of aromatic nitrogens is 2. The van der Waals surface area contributed by atoms with Crippen molar-refractivity contribution in [2.45, 2.75) is 0 Å². The van der Waals surface area contributed by atoms with E-state index in [1.165, 1.54) is 0 Å². The molecule has 1 aromatic carbocycles. The van der Waals surface area contributed by atoms with Crippen LogP contribution < -0.4 is 0 Å². The number of nitrogens with zero attached hydrogens (tertiary/aromatic N) is 2. The Bertz CT molecular complexity index is 680. The van der Waals surface area contributed by atoms with Crippen molar-refractivity contribution in [2.75, 3.05) is 0 Å². The standard InChI is InChI=1S/C12H7BrN2O2/c13-12-14-9-4-3-7(16)6-8(9)11(15-12)10-2-1-5-17-10/h1-6,16H. The van der Waals surface area contributed by atoms with Crippen molar-refractivity contribution in [2.24, 2.45) is 0 Å². The molecule has 0 aliphatic rings. The second-order valence-corrected chi connectivity index (χ2v) is 4.23. The van der Waals surface area contributed by atoms with E-state index in [0.29, 0.717) is 16.2 Å². The zero-order valence-corrected chi connectivity index (χ0v) is 10.2. The number of phenols is 1. The summed E-state index contributed by atoms with van der Waals surface area (Å²) in [4.78, 5) is 8.53. The van der Waals surface area contributed by atoms with Crippen molar-refractivity contribution in [3.05, 3.63) is 41.3 Å². The molecule has 17 heavy (non-hydrogen) atoms. The topological polar surface area (TPSA) is 59.2 Å². The van der Waals surface area contributed by atoms with Gasteiger partial charge in [-0.15, -0.1) is 0 Å².